The average Bonchev–Trinajstić information content (AvgIpc) is 2.20. The van der Waals surface area contributed by atoms with Gasteiger partial charge in [0.05, 0.1) is 11.5 Å². The highest BCUT2D eigenvalue weighted by atomic mass is 16.6. The zero-order chi connectivity index (χ0) is 11.1. The molecular weight excluding hydrogens is 194 g/mol. The summed E-state index contributed by atoms with van der Waals surface area (Å²) < 4.78 is 5.44. The summed E-state index contributed by atoms with van der Waals surface area (Å²) in [7, 11) is 0. The van der Waals surface area contributed by atoms with Gasteiger partial charge in [-0.25, -0.2) is 0 Å². The van der Waals surface area contributed by atoms with Crippen LogP contribution in [0.25, 0.3) is 0 Å². The maximum absolute atomic E-state index is 9.96. The number of rotatable bonds is 5. The predicted octanol–water partition coefficient (Wildman–Crippen LogP) is 2.55. The molecule has 0 aliphatic heterocycles. The minimum absolute atomic E-state index is 0.454. The maximum atomic E-state index is 9.96. The van der Waals surface area contributed by atoms with Gasteiger partial charge in [-0.2, -0.15) is 0 Å². The lowest BCUT2D eigenvalue weighted by Gasteiger charge is -2.06. The molecule has 4 heteroatoms. The van der Waals surface area contributed by atoms with Gasteiger partial charge in [-0.3, -0.25) is 10.1 Å². The molecule has 0 radical (unpaired) electrons. The largest absolute Gasteiger partial charge is 0.493 e. The third-order valence-electron chi connectivity index (χ3n) is 1.86. The lowest BCUT2D eigenvalue weighted by molar-refractivity contribution is -0.402. The molecular formula is C11H13NO3. The van der Waals surface area contributed by atoms with Crippen molar-refractivity contribution >= 4 is 0 Å². The van der Waals surface area contributed by atoms with Crippen LogP contribution in [-0.4, -0.2) is 11.5 Å². The van der Waals surface area contributed by atoms with Crippen LogP contribution in [0.15, 0.2) is 36.5 Å². The number of ether oxygens (including phenoxy) is 1. The SMILES string of the molecule is Cc1ccccc1OCC/C=C/[N+](=O)[O-]. The molecule has 0 spiro atoms. The molecule has 15 heavy (non-hydrogen) atoms. The molecule has 0 aromatic heterocycles. The monoisotopic (exact) mass is 207 g/mol. The van der Waals surface area contributed by atoms with Crippen LogP contribution in [0.1, 0.15) is 12.0 Å². The minimum Gasteiger partial charge on any atom is -0.493 e. The van der Waals surface area contributed by atoms with Gasteiger partial charge in [0.25, 0.3) is 0 Å². The van der Waals surface area contributed by atoms with E-state index in [9.17, 15) is 10.1 Å². The van der Waals surface area contributed by atoms with E-state index in [0.717, 1.165) is 17.5 Å². The van der Waals surface area contributed by atoms with E-state index in [4.69, 9.17) is 4.74 Å². The fourth-order valence-electron chi connectivity index (χ4n) is 1.12. The normalized spacial score (nSPS) is 10.5. The van der Waals surface area contributed by atoms with E-state index in [1.165, 1.54) is 6.08 Å². The predicted molar refractivity (Wildman–Crippen MR) is 57.4 cm³/mol. The van der Waals surface area contributed by atoms with Crippen LogP contribution in [-0.2, 0) is 0 Å². The maximum Gasteiger partial charge on any atom is 0.230 e. The third kappa shape index (κ3) is 4.26. The van der Waals surface area contributed by atoms with Crippen LogP contribution < -0.4 is 4.74 Å². The Morgan fingerprint density at radius 1 is 1.47 bits per heavy atom. The van der Waals surface area contributed by atoms with Gasteiger partial charge in [0.2, 0.25) is 6.20 Å². The van der Waals surface area contributed by atoms with Crippen molar-refractivity contribution in [3.63, 3.8) is 0 Å². The molecule has 1 aromatic rings. The molecule has 0 unspecified atom stereocenters. The molecule has 0 atom stereocenters. The Balaban J connectivity index is 2.32. The standard InChI is InChI=1S/C11H13NO3/c1-10-6-2-3-7-11(10)15-9-5-4-8-12(13)14/h2-4,6-8H,5,9H2,1H3/b8-4+. The van der Waals surface area contributed by atoms with Crippen LogP contribution in [0.3, 0.4) is 0 Å². The van der Waals surface area contributed by atoms with E-state index in [-0.39, 0.29) is 0 Å². The fraction of sp³-hybridized carbons (Fsp3) is 0.273. The molecule has 1 aromatic carbocycles. The van der Waals surface area contributed by atoms with E-state index >= 15 is 0 Å². The van der Waals surface area contributed by atoms with Gasteiger partial charge in [-0.1, -0.05) is 18.2 Å². The molecule has 0 bridgehead atoms. The molecule has 0 aliphatic rings. The second-order valence-electron chi connectivity index (χ2n) is 3.07. The Morgan fingerprint density at radius 3 is 2.87 bits per heavy atom. The van der Waals surface area contributed by atoms with Crippen molar-refractivity contribution in [3.05, 3.63) is 52.2 Å². The second-order valence-corrected chi connectivity index (χ2v) is 3.07. The van der Waals surface area contributed by atoms with Gasteiger partial charge < -0.3 is 4.74 Å². The number of aryl methyl sites for hydroxylation is 1. The van der Waals surface area contributed by atoms with Crippen molar-refractivity contribution < 1.29 is 9.66 Å². The molecule has 0 heterocycles. The zero-order valence-corrected chi connectivity index (χ0v) is 8.55. The smallest absolute Gasteiger partial charge is 0.230 e. The molecule has 0 saturated carbocycles. The summed E-state index contributed by atoms with van der Waals surface area (Å²) in [5.41, 5.74) is 1.07. The van der Waals surface area contributed by atoms with Gasteiger partial charge >= 0.3 is 0 Å². The molecule has 1 rings (SSSR count). The van der Waals surface area contributed by atoms with Gasteiger partial charge in [0.1, 0.15) is 5.75 Å². The van der Waals surface area contributed by atoms with Crippen molar-refractivity contribution in [2.75, 3.05) is 6.61 Å². The molecule has 80 valence electrons. The van der Waals surface area contributed by atoms with Crippen molar-refractivity contribution in [2.45, 2.75) is 13.3 Å². The third-order valence-corrected chi connectivity index (χ3v) is 1.86. The number of hydrogen-bond acceptors (Lipinski definition) is 3. The lowest BCUT2D eigenvalue weighted by atomic mass is 10.2. The Morgan fingerprint density at radius 2 is 2.20 bits per heavy atom. The first-order valence-corrected chi connectivity index (χ1v) is 4.69. The minimum atomic E-state index is -0.478. The highest BCUT2D eigenvalue weighted by molar-refractivity contribution is 5.31. The van der Waals surface area contributed by atoms with E-state index in [1.807, 2.05) is 31.2 Å². The highest BCUT2D eigenvalue weighted by Crippen LogP contribution is 2.16. The number of benzene rings is 1. The quantitative estimate of drug-likeness (QED) is 0.423. The van der Waals surface area contributed by atoms with E-state index in [1.54, 1.807) is 0 Å². The first-order valence-electron chi connectivity index (χ1n) is 4.69. The first kappa shape index (κ1) is 11.2. The summed E-state index contributed by atoms with van der Waals surface area (Å²) in [6.45, 7) is 2.41. The number of nitro groups is 1. The molecule has 0 fully saturated rings. The first-order chi connectivity index (χ1) is 7.20. The van der Waals surface area contributed by atoms with Crippen LogP contribution >= 0.6 is 0 Å². The number of nitrogens with zero attached hydrogens (tertiary/aromatic N) is 1. The summed E-state index contributed by atoms with van der Waals surface area (Å²) in [4.78, 5) is 9.49. The van der Waals surface area contributed by atoms with Crippen molar-refractivity contribution in [1.82, 2.24) is 0 Å². The summed E-state index contributed by atoms with van der Waals surface area (Å²) in [5, 5.41) is 9.96. The molecule has 0 saturated heterocycles. The zero-order valence-electron chi connectivity index (χ0n) is 8.55. The van der Waals surface area contributed by atoms with E-state index in [2.05, 4.69) is 0 Å². The summed E-state index contributed by atoms with van der Waals surface area (Å²) in [5.74, 6) is 0.826. The topological polar surface area (TPSA) is 52.4 Å². The van der Waals surface area contributed by atoms with Crippen LogP contribution in [0.4, 0.5) is 0 Å². The van der Waals surface area contributed by atoms with Crippen molar-refractivity contribution in [3.8, 4) is 5.75 Å². The van der Waals surface area contributed by atoms with E-state index in [0.29, 0.717) is 13.0 Å². The van der Waals surface area contributed by atoms with Crippen LogP contribution in [0, 0.1) is 17.0 Å². The molecule has 4 nitrogen and oxygen atoms in total. The fourth-order valence-corrected chi connectivity index (χ4v) is 1.12. The molecule has 0 amide bonds. The number of para-hydroxylation sites is 1. The van der Waals surface area contributed by atoms with Crippen molar-refractivity contribution in [1.29, 1.82) is 0 Å². The highest BCUT2D eigenvalue weighted by Gasteiger charge is 1.96. The summed E-state index contributed by atoms with van der Waals surface area (Å²) in [6, 6.07) is 7.68. The summed E-state index contributed by atoms with van der Waals surface area (Å²) >= 11 is 0. The Labute approximate surface area is 88.3 Å². The Bertz CT molecular complexity index is 361. The Hall–Kier alpha value is -1.84. The van der Waals surface area contributed by atoms with Gasteiger partial charge in [0, 0.05) is 6.42 Å². The molecule has 0 aliphatic carbocycles. The van der Waals surface area contributed by atoms with Crippen LogP contribution in [0.5, 0.6) is 5.75 Å². The molecule has 0 N–H and O–H groups in total. The van der Waals surface area contributed by atoms with E-state index < -0.39 is 4.92 Å². The van der Waals surface area contributed by atoms with Gasteiger partial charge in [0.15, 0.2) is 0 Å². The number of hydrogen-bond donors (Lipinski definition) is 0. The van der Waals surface area contributed by atoms with Gasteiger partial charge in [-0.15, -0.1) is 0 Å². The average molecular weight is 207 g/mol. The second kappa shape index (κ2) is 5.80. The van der Waals surface area contributed by atoms with Gasteiger partial charge in [-0.05, 0) is 24.6 Å². The lowest BCUT2D eigenvalue weighted by Crippen LogP contribution is -1.97. The Kier molecular flexibility index (Phi) is 4.34. The van der Waals surface area contributed by atoms with Crippen molar-refractivity contribution in [2.24, 2.45) is 0 Å². The van der Waals surface area contributed by atoms with Crippen LogP contribution in [0.2, 0.25) is 0 Å². The summed E-state index contributed by atoms with van der Waals surface area (Å²) in [6.07, 6.45) is 2.95.